The van der Waals surface area contributed by atoms with Crippen LogP contribution in [0.4, 0.5) is 13.2 Å². The van der Waals surface area contributed by atoms with Crippen molar-refractivity contribution in [3.63, 3.8) is 0 Å². The summed E-state index contributed by atoms with van der Waals surface area (Å²) in [5.41, 5.74) is -1.56. The smallest absolute Gasteiger partial charge is 0.396 e. The molecule has 102 valence electrons. The zero-order valence-corrected chi connectivity index (χ0v) is 9.91. The Kier molecular flexibility index (Phi) is 4.98. The van der Waals surface area contributed by atoms with Crippen molar-refractivity contribution in [2.75, 3.05) is 6.61 Å². The number of benzene rings is 1. The lowest BCUT2D eigenvalue weighted by Crippen LogP contribution is -2.22. The first kappa shape index (κ1) is 15.2. The Balaban J connectivity index is 3.17. The summed E-state index contributed by atoms with van der Waals surface area (Å²) >= 11 is 5.58. The van der Waals surface area contributed by atoms with E-state index in [1.54, 1.807) is 0 Å². The summed E-state index contributed by atoms with van der Waals surface area (Å²) in [6.45, 7) is -0.444. The molecule has 0 radical (unpaired) electrons. The number of hydrogen-bond donors (Lipinski definition) is 3. The minimum absolute atomic E-state index is 0.0215. The van der Waals surface area contributed by atoms with Gasteiger partial charge in [-0.3, -0.25) is 0 Å². The van der Waals surface area contributed by atoms with Gasteiger partial charge in [0, 0.05) is 11.6 Å². The number of aliphatic hydroxyl groups excluding tert-OH is 3. The van der Waals surface area contributed by atoms with E-state index in [1.807, 2.05) is 0 Å². The van der Waals surface area contributed by atoms with Crippen LogP contribution in [-0.2, 0) is 6.18 Å². The van der Waals surface area contributed by atoms with Crippen molar-refractivity contribution in [1.82, 2.24) is 0 Å². The Morgan fingerprint density at radius 3 is 2.33 bits per heavy atom. The molecule has 1 aromatic carbocycles. The summed E-state index contributed by atoms with van der Waals surface area (Å²) in [5, 5.41) is 27.7. The van der Waals surface area contributed by atoms with Gasteiger partial charge in [0.25, 0.3) is 0 Å². The zero-order chi connectivity index (χ0) is 13.9. The highest BCUT2D eigenvalue weighted by molar-refractivity contribution is 6.30. The molecular weight excluding hydrogens is 273 g/mol. The maximum Gasteiger partial charge on any atom is 0.416 e. The molecule has 3 N–H and O–H groups in total. The van der Waals surface area contributed by atoms with E-state index in [1.165, 1.54) is 0 Å². The number of halogens is 4. The molecule has 0 bridgehead atoms. The predicted octanol–water partition coefficient (Wildman–Crippen LogP) is 2.14. The van der Waals surface area contributed by atoms with E-state index in [4.69, 9.17) is 16.7 Å². The fraction of sp³-hybridized carbons (Fsp3) is 0.455. The summed E-state index contributed by atoms with van der Waals surface area (Å²) < 4.78 is 38.1. The summed E-state index contributed by atoms with van der Waals surface area (Å²) in [4.78, 5) is 0. The standard InChI is InChI=1S/C11H12ClF3O3/c12-6-1-2-8(11(13,14)15)7(5-6)10(18)9(17)3-4-16/h1-2,5,9-10,16-18H,3-4H2. The van der Waals surface area contributed by atoms with E-state index in [-0.39, 0.29) is 11.4 Å². The van der Waals surface area contributed by atoms with Crippen LogP contribution in [0.3, 0.4) is 0 Å². The highest BCUT2D eigenvalue weighted by Crippen LogP contribution is 2.37. The lowest BCUT2D eigenvalue weighted by molar-refractivity contribution is -0.140. The number of alkyl halides is 3. The normalized spacial score (nSPS) is 15.5. The van der Waals surface area contributed by atoms with Crippen LogP contribution in [0.25, 0.3) is 0 Å². The van der Waals surface area contributed by atoms with Gasteiger partial charge in [-0.2, -0.15) is 13.2 Å². The Bertz CT molecular complexity index is 409. The SMILES string of the molecule is OCCC(O)C(O)c1cc(Cl)ccc1C(F)(F)F. The molecule has 0 aliphatic heterocycles. The highest BCUT2D eigenvalue weighted by Gasteiger charge is 2.36. The molecule has 2 atom stereocenters. The maximum absolute atomic E-state index is 12.7. The first-order valence-electron chi connectivity index (χ1n) is 5.11. The quantitative estimate of drug-likeness (QED) is 0.794. The number of hydrogen-bond acceptors (Lipinski definition) is 3. The third-order valence-electron chi connectivity index (χ3n) is 2.43. The molecule has 0 aliphatic rings. The van der Waals surface area contributed by atoms with Gasteiger partial charge in [0.15, 0.2) is 0 Å². The largest absolute Gasteiger partial charge is 0.416 e. The molecule has 7 heteroatoms. The molecular formula is C11H12ClF3O3. The van der Waals surface area contributed by atoms with Crippen LogP contribution in [0, 0.1) is 0 Å². The van der Waals surface area contributed by atoms with Gasteiger partial charge < -0.3 is 15.3 Å². The second-order valence-electron chi connectivity index (χ2n) is 3.75. The van der Waals surface area contributed by atoms with Crippen LogP contribution in [0.2, 0.25) is 5.02 Å². The fourth-order valence-electron chi connectivity index (χ4n) is 1.53. The molecule has 0 saturated heterocycles. The molecule has 1 aromatic rings. The second-order valence-corrected chi connectivity index (χ2v) is 4.19. The van der Waals surface area contributed by atoms with Crippen molar-refractivity contribution < 1.29 is 28.5 Å². The minimum atomic E-state index is -4.65. The topological polar surface area (TPSA) is 60.7 Å². The van der Waals surface area contributed by atoms with E-state index in [9.17, 15) is 23.4 Å². The Morgan fingerprint density at radius 1 is 1.22 bits per heavy atom. The molecule has 0 heterocycles. The van der Waals surface area contributed by atoms with Gasteiger partial charge in [-0.15, -0.1) is 0 Å². The Hall–Kier alpha value is -0.820. The van der Waals surface area contributed by atoms with E-state index < -0.39 is 36.1 Å². The molecule has 2 unspecified atom stereocenters. The van der Waals surface area contributed by atoms with Crippen LogP contribution in [0.15, 0.2) is 18.2 Å². The summed E-state index contributed by atoms with van der Waals surface area (Å²) in [7, 11) is 0. The second kappa shape index (κ2) is 5.88. The van der Waals surface area contributed by atoms with E-state index in [0.29, 0.717) is 0 Å². The number of aliphatic hydroxyl groups is 3. The van der Waals surface area contributed by atoms with E-state index >= 15 is 0 Å². The van der Waals surface area contributed by atoms with Crippen LogP contribution >= 0.6 is 11.6 Å². The third kappa shape index (κ3) is 3.58. The third-order valence-corrected chi connectivity index (χ3v) is 2.66. The number of rotatable bonds is 4. The summed E-state index contributed by atoms with van der Waals surface area (Å²) in [6, 6.07) is 2.75. The minimum Gasteiger partial charge on any atom is -0.396 e. The molecule has 0 saturated carbocycles. The molecule has 3 nitrogen and oxygen atoms in total. The van der Waals surface area contributed by atoms with Gasteiger partial charge in [-0.25, -0.2) is 0 Å². The van der Waals surface area contributed by atoms with Gasteiger partial charge in [0.1, 0.15) is 6.10 Å². The molecule has 0 spiro atoms. The lowest BCUT2D eigenvalue weighted by atomic mass is 9.97. The lowest BCUT2D eigenvalue weighted by Gasteiger charge is -2.21. The van der Waals surface area contributed by atoms with E-state index in [2.05, 4.69) is 0 Å². The molecule has 0 aliphatic carbocycles. The van der Waals surface area contributed by atoms with Crippen molar-refractivity contribution in [1.29, 1.82) is 0 Å². The molecule has 0 amide bonds. The molecule has 0 fully saturated rings. The molecule has 0 aromatic heterocycles. The first-order chi connectivity index (χ1) is 8.27. The van der Waals surface area contributed by atoms with Crippen molar-refractivity contribution in [2.24, 2.45) is 0 Å². The van der Waals surface area contributed by atoms with Crippen LogP contribution in [0.1, 0.15) is 23.7 Å². The van der Waals surface area contributed by atoms with Crippen molar-refractivity contribution in [3.8, 4) is 0 Å². The van der Waals surface area contributed by atoms with Crippen molar-refractivity contribution >= 4 is 11.6 Å². The predicted molar refractivity (Wildman–Crippen MR) is 59.1 cm³/mol. The van der Waals surface area contributed by atoms with Gasteiger partial charge in [0.05, 0.1) is 11.7 Å². The average Bonchev–Trinajstić information content (AvgIpc) is 2.26. The van der Waals surface area contributed by atoms with Crippen LogP contribution < -0.4 is 0 Å². The highest BCUT2D eigenvalue weighted by atomic mass is 35.5. The van der Waals surface area contributed by atoms with E-state index in [0.717, 1.165) is 18.2 Å². The molecule has 18 heavy (non-hydrogen) atoms. The zero-order valence-electron chi connectivity index (χ0n) is 9.15. The van der Waals surface area contributed by atoms with Gasteiger partial charge in [0.2, 0.25) is 0 Å². The Labute approximate surface area is 106 Å². The Morgan fingerprint density at radius 2 is 1.83 bits per heavy atom. The van der Waals surface area contributed by atoms with Crippen molar-refractivity contribution in [3.05, 3.63) is 34.3 Å². The molecule has 1 rings (SSSR count). The first-order valence-corrected chi connectivity index (χ1v) is 5.48. The van der Waals surface area contributed by atoms with Crippen LogP contribution in [0.5, 0.6) is 0 Å². The maximum atomic E-state index is 12.7. The van der Waals surface area contributed by atoms with Gasteiger partial charge >= 0.3 is 6.18 Å². The van der Waals surface area contributed by atoms with Gasteiger partial charge in [-0.05, 0) is 30.2 Å². The fourth-order valence-corrected chi connectivity index (χ4v) is 1.71. The van der Waals surface area contributed by atoms with Gasteiger partial charge in [-0.1, -0.05) is 11.6 Å². The monoisotopic (exact) mass is 284 g/mol. The van der Waals surface area contributed by atoms with Crippen LogP contribution in [-0.4, -0.2) is 28.0 Å². The summed E-state index contributed by atoms with van der Waals surface area (Å²) in [6.07, 6.45) is -8.13. The van der Waals surface area contributed by atoms with Crippen molar-refractivity contribution in [2.45, 2.75) is 24.8 Å². The average molecular weight is 285 g/mol. The summed E-state index contributed by atoms with van der Waals surface area (Å²) in [5.74, 6) is 0.